The van der Waals surface area contributed by atoms with Crippen LogP contribution in [0.1, 0.15) is 11.8 Å². The first-order valence-electron chi connectivity index (χ1n) is 3.46. The van der Waals surface area contributed by atoms with Crippen molar-refractivity contribution in [2.24, 2.45) is 0 Å². The third-order valence-electron chi connectivity index (χ3n) is 1.44. The molecule has 0 aliphatic rings. The summed E-state index contributed by atoms with van der Waals surface area (Å²) in [5.74, 6) is 0. The molecule has 0 bridgehead atoms. The van der Waals surface area contributed by atoms with Crippen LogP contribution < -0.4 is 5.56 Å². The topological polar surface area (TPSA) is 110 Å². The molecule has 1 aromatic heterocycles. The number of aliphatic hydroxyl groups is 2. The zero-order valence-electron chi connectivity index (χ0n) is 6.51. The minimum Gasteiger partial charge on any atom is -0.383 e. The molecule has 3 N–H and O–H groups in total. The molecule has 13 heavy (non-hydrogen) atoms. The van der Waals surface area contributed by atoms with Gasteiger partial charge in [-0.05, 0) is 6.07 Å². The van der Waals surface area contributed by atoms with Gasteiger partial charge in [0.25, 0.3) is 5.56 Å². The normalized spacial score (nSPS) is 14.5. The summed E-state index contributed by atoms with van der Waals surface area (Å²) in [5.41, 5.74) is -0.365. The Labute approximate surface area is 73.1 Å². The van der Waals surface area contributed by atoms with Gasteiger partial charge in [0.15, 0.2) is 6.10 Å². The van der Waals surface area contributed by atoms with E-state index in [4.69, 9.17) is 10.4 Å². The molecule has 2 atom stereocenters. The first-order chi connectivity index (χ1) is 6.15. The number of nitriles is 1. The number of nitrogens with one attached hydrogen (secondary N) is 1. The molecule has 0 spiro atoms. The van der Waals surface area contributed by atoms with Gasteiger partial charge in [0.1, 0.15) is 6.10 Å². The highest BCUT2D eigenvalue weighted by Crippen LogP contribution is 2.11. The Morgan fingerprint density at radius 2 is 2.23 bits per heavy atom. The Balaban J connectivity index is 2.91. The average Bonchev–Trinajstić information content (AvgIpc) is 2.17. The van der Waals surface area contributed by atoms with Crippen molar-refractivity contribution < 1.29 is 10.2 Å². The van der Waals surface area contributed by atoms with E-state index >= 15 is 0 Å². The highest BCUT2D eigenvalue weighted by Gasteiger charge is 2.18. The lowest BCUT2D eigenvalue weighted by molar-refractivity contribution is 0.0492. The van der Waals surface area contributed by atoms with Gasteiger partial charge in [-0.25, -0.2) is 5.10 Å². The van der Waals surface area contributed by atoms with Crippen LogP contribution >= 0.6 is 0 Å². The second-order valence-electron chi connectivity index (χ2n) is 2.36. The van der Waals surface area contributed by atoms with Gasteiger partial charge in [-0.2, -0.15) is 10.4 Å². The monoisotopic (exact) mass is 181 g/mol. The summed E-state index contributed by atoms with van der Waals surface area (Å²) in [6.45, 7) is 0. The summed E-state index contributed by atoms with van der Waals surface area (Å²) < 4.78 is 0. The number of hydrogen-bond donors (Lipinski definition) is 3. The van der Waals surface area contributed by atoms with Crippen molar-refractivity contribution in [3.05, 3.63) is 28.2 Å². The molecular formula is C7H7N3O3. The highest BCUT2D eigenvalue weighted by atomic mass is 16.3. The number of aromatic amines is 1. The molecule has 0 amide bonds. The molecule has 1 rings (SSSR count). The number of rotatable bonds is 2. The van der Waals surface area contributed by atoms with Gasteiger partial charge in [-0.1, -0.05) is 0 Å². The smallest absolute Gasteiger partial charge is 0.264 e. The molecule has 6 nitrogen and oxygen atoms in total. The van der Waals surface area contributed by atoms with E-state index in [2.05, 4.69) is 10.2 Å². The molecular weight excluding hydrogens is 174 g/mol. The maximum Gasteiger partial charge on any atom is 0.264 e. The largest absolute Gasteiger partial charge is 0.383 e. The Morgan fingerprint density at radius 1 is 1.54 bits per heavy atom. The van der Waals surface area contributed by atoms with Crippen LogP contribution in [0.15, 0.2) is 16.9 Å². The zero-order valence-corrected chi connectivity index (χ0v) is 6.51. The van der Waals surface area contributed by atoms with Crippen molar-refractivity contribution in [2.45, 2.75) is 12.2 Å². The van der Waals surface area contributed by atoms with Gasteiger partial charge < -0.3 is 10.2 Å². The second-order valence-corrected chi connectivity index (χ2v) is 2.36. The summed E-state index contributed by atoms with van der Waals surface area (Å²) in [4.78, 5) is 10.6. The maximum atomic E-state index is 10.6. The van der Waals surface area contributed by atoms with Crippen LogP contribution in [-0.2, 0) is 0 Å². The van der Waals surface area contributed by atoms with E-state index < -0.39 is 17.8 Å². The summed E-state index contributed by atoms with van der Waals surface area (Å²) in [5, 5.41) is 31.9. The SMILES string of the molecule is N#CC(O)C(O)c1ccc(=O)[nH]n1. The van der Waals surface area contributed by atoms with Gasteiger partial charge in [0.2, 0.25) is 0 Å². The lowest BCUT2D eigenvalue weighted by Gasteiger charge is -2.09. The molecule has 6 heteroatoms. The Morgan fingerprint density at radius 3 is 2.69 bits per heavy atom. The van der Waals surface area contributed by atoms with Crippen molar-refractivity contribution >= 4 is 0 Å². The summed E-state index contributed by atoms with van der Waals surface area (Å²) in [7, 11) is 0. The molecule has 68 valence electrons. The van der Waals surface area contributed by atoms with Gasteiger partial charge in [0.05, 0.1) is 11.8 Å². The minimum absolute atomic E-state index is 0.0497. The molecule has 1 aromatic rings. The fourth-order valence-corrected chi connectivity index (χ4v) is 0.752. The van der Waals surface area contributed by atoms with Crippen LogP contribution in [-0.4, -0.2) is 26.5 Å². The van der Waals surface area contributed by atoms with Gasteiger partial charge in [-0.15, -0.1) is 0 Å². The predicted molar refractivity (Wildman–Crippen MR) is 41.4 cm³/mol. The minimum atomic E-state index is -1.54. The van der Waals surface area contributed by atoms with E-state index in [0.717, 1.165) is 6.07 Å². The van der Waals surface area contributed by atoms with Crippen LogP contribution in [0.5, 0.6) is 0 Å². The van der Waals surface area contributed by atoms with E-state index in [1.54, 1.807) is 0 Å². The third kappa shape index (κ3) is 2.11. The standard InChI is InChI=1S/C7H7N3O3/c8-3-5(11)7(13)4-1-2-6(12)10-9-4/h1-2,5,7,11,13H,(H,10,12). The van der Waals surface area contributed by atoms with Gasteiger partial charge in [-0.3, -0.25) is 4.79 Å². The number of aromatic nitrogens is 2. The van der Waals surface area contributed by atoms with Gasteiger partial charge >= 0.3 is 0 Å². The first-order valence-corrected chi connectivity index (χ1v) is 3.46. The van der Waals surface area contributed by atoms with E-state index in [-0.39, 0.29) is 5.69 Å². The van der Waals surface area contributed by atoms with Crippen LogP contribution in [0.25, 0.3) is 0 Å². The van der Waals surface area contributed by atoms with Crippen LogP contribution in [0.3, 0.4) is 0 Å². The predicted octanol–water partition coefficient (Wildman–Crippen LogP) is -1.31. The Bertz CT molecular complexity index is 361. The summed E-state index contributed by atoms with van der Waals surface area (Å²) in [6.07, 6.45) is -2.94. The van der Waals surface area contributed by atoms with E-state index in [9.17, 15) is 9.90 Å². The molecule has 0 aliphatic carbocycles. The molecule has 0 saturated carbocycles. The van der Waals surface area contributed by atoms with Crippen molar-refractivity contribution in [2.75, 3.05) is 0 Å². The van der Waals surface area contributed by atoms with E-state index in [0.29, 0.717) is 0 Å². The summed E-state index contributed by atoms with van der Waals surface area (Å²) >= 11 is 0. The molecule has 1 heterocycles. The highest BCUT2D eigenvalue weighted by molar-refractivity contribution is 5.08. The van der Waals surface area contributed by atoms with Gasteiger partial charge in [0, 0.05) is 6.07 Å². The van der Waals surface area contributed by atoms with Crippen molar-refractivity contribution in [1.29, 1.82) is 5.26 Å². The number of aliphatic hydroxyl groups excluding tert-OH is 2. The molecule has 0 radical (unpaired) electrons. The number of hydrogen-bond acceptors (Lipinski definition) is 5. The molecule has 0 saturated heterocycles. The van der Waals surface area contributed by atoms with Crippen molar-refractivity contribution in [3.63, 3.8) is 0 Å². The second kappa shape index (κ2) is 3.80. The lowest BCUT2D eigenvalue weighted by Crippen LogP contribution is -2.19. The van der Waals surface area contributed by atoms with E-state index in [1.165, 1.54) is 12.1 Å². The molecule has 0 fully saturated rings. The average molecular weight is 181 g/mol. The Kier molecular flexibility index (Phi) is 2.74. The Hall–Kier alpha value is -1.71. The van der Waals surface area contributed by atoms with E-state index in [1.807, 2.05) is 0 Å². The van der Waals surface area contributed by atoms with Crippen LogP contribution in [0.2, 0.25) is 0 Å². The van der Waals surface area contributed by atoms with Crippen molar-refractivity contribution in [1.82, 2.24) is 10.2 Å². The van der Waals surface area contributed by atoms with Crippen molar-refractivity contribution in [3.8, 4) is 6.07 Å². The fourth-order valence-electron chi connectivity index (χ4n) is 0.752. The van der Waals surface area contributed by atoms with Crippen LogP contribution in [0, 0.1) is 11.3 Å². The number of nitrogens with zero attached hydrogens (tertiary/aromatic N) is 2. The van der Waals surface area contributed by atoms with Crippen LogP contribution in [0.4, 0.5) is 0 Å². The third-order valence-corrected chi connectivity index (χ3v) is 1.44. The lowest BCUT2D eigenvalue weighted by atomic mass is 10.1. The quantitative estimate of drug-likeness (QED) is 0.490. The maximum absolute atomic E-state index is 10.6. The fraction of sp³-hybridized carbons (Fsp3) is 0.286. The molecule has 0 aromatic carbocycles. The summed E-state index contributed by atoms with van der Waals surface area (Å²) in [6, 6.07) is 3.84. The first kappa shape index (κ1) is 9.38. The zero-order chi connectivity index (χ0) is 9.84. The number of H-pyrrole nitrogens is 1. The molecule has 2 unspecified atom stereocenters. The molecule has 0 aliphatic heterocycles.